The van der Waals surface area contributed by atoms with E-state index in [1.807, 2.05) is 28.2 Å². The number of hydrogen-bond donors (Lipinski definition) is 1. The second kappa shape index (κ2) is 5.03. The van der Waals surface area contributed by atoms with Gasteiger partial charge in [-0.3, -0.25) is 4.79 Å². The summed E-state index contributed by atoms with van der Waals surface area (Å²) >= 11 is 7.32. The van der Waals surface area contributed by atoms with Gasteiger partial charge in [-0.15, -0.1) is 11.3 Å². The first-order chi connectivity index (χ1) is 9.22. The summed E-state index contributed by atoms with van der Waals surface area (Å²) in [5.74, 6) is -0.0786. The van der Waals surface area contributed by atoms with Crippen LogP contribution in [0.4, 0.5) is 0 Å². The first-order valence-electron chi connectivity index (χ1n) is 5.67. The van der Waals surface area contributed by atoms with Crippen LogP contribution in [-0.4, -0.2) is 15.3 Å². The van der Waals surface area contributed by atoms with E-state index in [1.165, 1.54) is 11.3 Å². The molecule has 0 aliphatic rings. The van der Waals surface area contributed by atoms with Crippen molar-refractivity contribution >= 4 is 34.5 Å². The smallest absolute Gasteiger partial charge is 0.261 e. The molecule has 0 bridgehead atoms. The zero-order valence-corrected chi connectivity index (χ0v) is 11.4. The number of rotatable bonds is 3. The molecule has 0 unspecified atom stereocenters. The monoisotopic (exact) mass is 291 g/mol. The number of pyridine rings is 1. The van der Waals surface area contributed by atoms with Gasteiger partial charge in [0.05, 0.1) is 17.1 Å². The molecule has 1 amide bonds. The summed E-state index contributed by atoms with van der Waals surface area (Å²) in [6, 6.07) is 7.23. The Kier molecular flexibility index (Phi) is 3.23. The molecule has 0 saturated carbocycles. The average molecular weight is 292 g/mol. The normalized spacial score (nSPS) is 10.8. The van der Waals surface area contributed by atoms with E-state index in [0.29, 0.717) is 16.4 Å². The molecule has 96 valence electrons. The predicted octanol–water partition coefficient (Wildman–Crippen LogP) is 2.98. The number of carbonyl (C=O) groups is 1. The number of nitrogens with zero attached hydrogens (tertiary/aromatic N) is 2. The Morgan fingerprint density at radius 2 is 2.37 bits per heavy atom. The highest BCUT2D eigenvalue weighted by Gasteiger charge is 2.07. The third-order valence-corrected chi connectivity index (χ3v) is 3.75. The van der Waals surface area contributed by atoms with Crippen LogP contribution in [-0.2, 0) is 6.54 Å². The molecule has 0 radical (unpaired) electrons. The summed E-state index contributed by atoms with van der Waals surface area (Å²) < 4.78 is 1.87. The second-order valence-corrected chi connectivity index (χ2v) is 5.39. The number of fused-ring (bicyclic) bond motifs is 1. The van der Waals surface area contributed by atoms with E-state index in [1.54, 1.807) is 18.2 Å². The van der Waals surface area contributed by atoms with Crippen molar-refractivity contribution in [3.05, 3.63) is 57.6 Å². The van der Waals surface area contributed by atoms with Crippen molar-refractivity contribution in [2.45, 2.75) is 6.54 Å². The van der Waals surface area contributed by atoms with Gasteiger partial charge in [0.2, 0.25) is 0 Å². The van der Waals surface area contributed by atoms with Crippen molar-refractivity contribution in [2.24, 2.45) is 0 Å². The van der Waals surface area contributed by atoms with Crippen molar-refractivity contribution in [3.8, 4) is 0 Å². The molecule has 3 heterocycles. The summed E-state index contributed by atoms with van der Waals surface area (Å²) in [6.45, 7) is 0.399. The fourth-order valence-corrected chi connectivity index (χ4v) is 2.55. The lowest BCUT2D eigenvalue weighted by Gasteiger charge is -1.99. The Hall–Kier alpha value is -1.85. The molecule has 19 heavy (non-hydrogen) atoms. The molecule has 0 aromatic carbocycles. The number of hydrogen-bond acceptors (Lipinski definition) is 3. The Bertz CT molecular complexity index is 721. The zero-order valence-electron chi connectivity index (χ0n) is 9.84. The van der Waals surface area contributed by atoms with Gasteiger partial charge in [0, 0.05) is 17.4 Å². The minimum Gasteiger partial charge on any atom is -0.346 e. The molecule has 0 atom stereocenters. The number of aromatic nitrogens is 2. The van der Waals surface area contributed by atoms with E-state index in [4.69, 9.17) is 11.6 Å². The van der Waals surface area contributed by atoms with Crippen LogP contribution in [0.3, 0.4) is 0 Å². The third-order valence-electron chi connectivity index (χ3n) is 2.65. The number of imidazole rings is 1. The first-order valence-corrected chi connectivity index (χ1v) is 6.93. The number of amides is 1. The van der Waals surface area contributed by atoms with Crippen LogP contribution in [0.25, 0.3) is 5.65 Å². The molecule has 6 heteroatoms. The van der Waals surface area contributed by atoms with E-state index in [0.717, 1.165) is 11.3 Å². The van der Waals surface area contributed by atoms with E-state index < -0.39 is 0 Å². The molecule has 1 N–H and O–H groups in total. The zero-order chi connectivity index (χ0) is 13.2. The Balaban J connectivity index is 1.73. The highest BCUT2D eigenvalue weighted by molar-refractivity contribution is 7.12. The van der Waals surface area contributed by atoms with Crippen LogP contribution >= 0.6 is 22.9 Å². The predicted molar refractivity (Wildman–Crippen MR) is 75.7 cm³/mol. The maximum atomic E-state index is 11.8. The molecule has 0 aliphatic carbocycles. The van der Waals surface area contributed by atoms with Gasteiger partial charge in [-0.2, -0.15) is 0 Å². The molecule has 0 spiro atoms. The van der Waals surface area contributed by atoms with Crippen molar-refractivity contribution in [2.75, 3.05) is 0 Å². The topological polar surface area (TPSA) is 46.4 Å². The van der Waals surface area contributed by atoms with Gasteiger partial charge in [-0.25, -0.2) is 4.98 Å². The van der Waals surface area contributed by atoms with Gasteiger partial charge < -0.3 is 9.72 Å². The third kappa shape index (κ3) is 2.62. The van der Waals surface area contributed by atoms with Crippen LogP contribution in [0.2, 0.25) is 5.02 Å². The largest absolute Gasteiger partial charge is 0.346 e. The molecule has 4 nitrogen and oxygen atoms in total. The number of carbonyl (C=O) groups excluding carboxylic acids is 1. The van der Waals surface area contributed by atoms with E-state index in [2.05, 4.69) is 10.3 Å². The fourth-order valence-electron chi connectivity index (χ4n) is 1.76. The summed E-state index contributed by atoms with van der Waals surface area (Å²) in [5.41, 5.74) is 1.57. The lowest BCUT2D eigenvalue weighted by Crippen LogP contribution is -2.21. The van der Waals surface area contributed by atoms with Crippen LogP contribution in [0, 0.1) is 0 Å². The summed E-state index contributed by atoms with van der Waals surface area (Å²) in [4.78, 5) is 16.9. The highest BCUT2D eigenvalue weighted by atomic mass is 35.5. The van der Waals surface area contributed by atoms with Crippen molar-refractivity contribution in [1.29, 1.82) is 0 Å². The Labute approximate surface area is 118 Å². The molecule has 0 saturated heterocycles. The number of thiophene rings is 1. The van der Waals surface area contributed by atoms with Crippen molar-refractivity contribution in [3.63, 3.8) is 0 Å². The second-order valence-electron chi connectivity index (χ2n) is 4.00. The SMILES string of the molecule is O=C(NCc1cn2ccc(Cl)cc2n1)c1cccs1. The summed E-state index contributed by atoms with van der Waals surface area (Å²) in [6.07, 6.45) is 3.72. The first kappa shape index (κ1) is 12.2. The quantitative estimate of drug-likeness (QED) is 0.806. The van der Waals surface area contributed by atoms with Crippen molar-refractivity contribution < 1.29 is 4.79 Å². The Morgan fingerprint density at radius 1 is 1.47 bits per heavy atom. The highest BCUT2D eigenvalue weighted by Crippen LogP contribution is 2.13. The standard InChI is InChI=1S/C13H10ClN3OS/c14-9-3-4-17-8-10(16-12(17)6-9)7-15-13(18)11-2-1-5-19-11/h1-6,8H,7H2,(H,15,18). The fraction of sp³-hybridized carbons (Fsp3) is 0.0769. The maximum absolute atomic E-state index is 11.8. The lowest BCUT2D eigenvalue weighted by atomic mass is 10.4. The van der Waals surface area contributed by atoms with Gasteiger partial charge in [0.1, 0.15) is 5.65 Å². The molecule has 3 rings (SSSR count). The van der Waals surface area contributed by atoms with Crippen LogP contribution in [0.15, 0.2) is 42.0 Å². The maximum Gasteiger partial charge on any atom is 0.261 e. The number of halogens is 1. The summed E-state index contributed by atoms with van der Waals surface area (Å²) in [7, 11) is 0. The van der Waals surface area contributed by atoms with E-state index in [-0.39, 0.29) is 5.91 Å². The van der Waals surface area contributed by atoms with E-state index >= 15 is 0 Å². The minimum absolute atomic E-state index is 0.0786. The van der Waals surface area contributed by atoms with Gasteiger partial charge in [-0.05, 0) is 23.6 Å². The number of nitrogens with one attached hydrogen (secondary N) is 1. The average Bonchev–Trinajstić information content (AvgIpc) is 3.04. The van der Waals surface area contributed by atoms with Crippen LogP contribution in [0.1, 0.15) is 15.4 Å². The van der Waals surface area contributed by atoms with Gasteiger partial charge in [0.25, 0.3) is 5.91 Å². The Morgan fingerprint density at radius 3 is 3.16 bits per heavy atom. The molecule has 0 aliphatic heterocycles. The molecule has 0 fully saturated rings. The van der Waals surface area contributed by atoms with Crippen LogP contribution in [0.5, 0.6) is 0 Å². The lowest BCUT2D eigenvalue weighted by molar-refractivity contribution is 0.0954. The molecular weight excluding hydrogens is 282 g/mol. The summed E-state index contributed by atoms with van der Waals surface area (Å²) in [5, 5.41) is 5.36. The van der Waals surface area contributed by atoms with Crippen LogP contribution < -0.4 is 5.32 Å². The molecule has 3 aromatic heterocycles. The van der Waals surface area contributed by atoms with Gasteiger partial charge in [-0.1, -0.05) is 17.7 Å². The minimum atomic E-state index is -0.0786. The van der Waals surface area contributed by atoms with E-state index in [9.17, 15) is 4.79 Å². The molecule has 3 aromatic rings. The van der Waals surface area contributed by atoms with Gasteiger partial charge in [0.15, 0.2) is 0 Å². The molecular formula is C13H10ClN3OS. The van der Waals surface area contributed by atoms with Crippen molar-refractivity contribution in [1.82, 2.24) is 14.7 Å². The van der Waals surface area contributed by atoms with Gasteiger partial charge >= 0.3 is 0 Å².